The van der Waals surface area contributed by atoms with Crippen molar-refractivity contribution in [3.8, 4) is 0 Å². The molecule has 1 aliphatic heterocycles. The van der Waals surface area contributed by atoms with Crippen LogP contribution in [0.1, 0.15) is 36.5 Å². The zero-order valence-electron chi connectivity index (χ0n) is 14.3. The number of benzene rings is 2. The van der Waals surface area contributed by atoms with Crippen molar-refractivity contribution in [2.24, 2.45) is 0 Å². The van der Waals surface area contributed by atoms with Crippen LogP contribution >= 0.6 is 11.8 Å². The van der Waals surface area contributed by atoms with Crippen LogP contribution in [0.15, 0.2) is 53.4 Å². The molecular weight excluding hydrogens is 332 g/mol. The second-order valence-electron chi connectivity index (χ2n) is 6.01. The van der Waals surface area contributed by atoms with Crippen molar-refractivity contribution in [1.29, 1.82) is 0 Å². The van der Waals surface area contributed by atoms with Gasteiger partial charge in [0.15, 0.2) is 0 Å². The highest BCUT2D eigenvalue weighted by atomic mass is 32.2. The maximum absolute atomic E-state index is 12.9. The molecule has 0 spiro atoms. The molecule has 5 heteroatoms. The molecule has 1 N–H and O–H groups in total. The third kappa shape index (κ3) is 4.23. The smallest absolute Gasteiger partial charge is 0.258 e. The van der Waals surface area contributed by atoms with Crippen LogP contribution in [-0.4, -0.2) is 24.1 Å². The second-order valence-corrected chi connectivity index (χ2v) is 7.14. The molecule has 3 rings (SSSR count). The van der Waals surface area contributed by atoms with Gasteiger partial charge in [-0.1, -0.05) is 31.5 Å². The number of hydrogen-bond acceptors (Lipinski definition) is 3. The molecule has 0 saturated heterocycles. The number of rotatable bonds is 5. The third-order valence-corrected chi connectivity index (χ3v) is 5.17. The van der Waals surface area contributed by atoms with Crippen LogP contribution in [0.3, 0.4) is 0 Å². The van der Waals surface area contributed by atoms with Crippen molar-refractivity contribution < 1.29 is 9.59 Å². The van der Waals surface area contributed by atoms with Crippen LogP contribution in [0.5, 0.6) is 0 Å². The SMILES string of the molecule is CCCCC(=O)Nc1ccc2c(c1)N(C(=O)c1ccccc1)CCS2. The number of fused-ring (bicyclic) bond motifs is 1. The topological polar surface area (TPSA) is 49.4 Å². The number of nitrogens with one attached hydrogen (secondary N) is 1. The zero-order valence-corrected chi connectivity index (χ0v) is 15.1. The first-order chi connectivity index (χ1) is 12.2. The van der Waals surface area contributed by atoms with E-state index in [4.69, 9.17) is 0 Å². The van der Waals surface area contributed by atoms with E-state index in [1.54, 1.807) is 11.8 Å². The molecule has 0 atom stereocenters. The third-order valence-electron chi connectivity index (χ3n) is 4.13. The van der Waals surface area contributed by atoms with Crippen LogP contribution in [0.2, 0.25) is 0 Å². The second kappa shape index (κ2) is 8.21. The fourth-order valence-electron chi connectivity index (χ4n) is 2.80. The first kappa shape index (κ1) is 17.5. The average molecular weight is 354 g/mol. The summed E-state index contributed by atoms with van der Waals surface area (Å²) < 4.78 is 0. The van der Waals surface area contributed by atoms with E-state index in [2.05, 4.69) is 12.2 Å². The molecule has 1 heterocycles. The fraction of sp³-hybridized carbons (Fsp3) is 0.300. The number of carbonyl (C=O) groups is 2. The normalized spacial score (nSPS) is 13.2. The summed E-state index contributed by atoms with van der Waals surface area (Å²) in [5.74, 6) is 0.885. The molecule has 0 fully saturated rings. The Balaban J connectivity index is 1.83. The van der Waals surface area contributed by atoms with Crippen molar-refractivity contribution in [2.45, 2.75) is 31.1 Å². The molecule has 0 aromatic heterocycles. The van der Waals surface area contributed by atoms with Crippen molar-refractivity contribution in [3.05, 3.63) is 54.1 Å². The summed E-state index contributed by atoms with van der Waals surface area (Å²) in [6.07, 6.45) is 2.40. The highest BCUT2D eigenvalue weighted by Gasteiger charge is 2.24. The van der Waals surface area contributed by atoms with Crippen LogP contribution in [0.4, 0.5) is 11.4 Å². The molecular formula is C20H22N2O2S. The Labute approximate surface area is 152 Å². The van der Waals surface area contributed by atoms with Gasteiger partial charge in [-0.25, -0.2) is 0 Å². The van der Waals surface area contributed by atoms with E-state index in [0.29, 0.717) is 18.5 Å². The summed E-state index contributed by atoms with van der Waals surface area (Å²) in [6, 6.07) is 15.1. The number of carbonyl (C=O) groups excluding carboxylic acids is 2. The Morgan fingerprint density at radius 1 is 1.16 bits per heavy atom. The molecule has 2 aromatic rings. The summed E-state index contributed by atoms with van der Waals surface area (Å²) in [7, 11) is 0. The molecule has 2 amide bonds. The maximum atomic E-state index is 12.9. The number of hydrogen-bond donors (Lipinski definition) is 1. The van der Waals surface area contributed by atoms with Crippen molar-refractivity contribution >= 4 is 35.0 Å². The molecule has 0 aliphatic carbocycles. The Kier molecular flexibility index (Phi) is 5.76. The summed E-state index contributed by atoms with van der Waals surface area (Å²) in [5.41, 5.74) is 2.30. The van der Waals surface area contributed by atoms with Crippen molar-refractivity contribution in [1.82, 2.24) is 0 Å². The largest absolute Gasteiger partial charge is 0.326 e. The number of thioether (sulfide) groups is 1. The minimum atomic E-state index is -0.00314. The van der Waals surface area contributed by atoms with Gasteiger partial charge in [0.25, 0.3) is 5.91 Å². The minimum Gasteiger partial charge on any atom is -0.326 e. The van der Waals surface area contributed by atoms with Gasteiger partial charge in [-0.05, 0) is 36.8 Å². The van der Waals surface area contributed by atoms with Crippen LogP contribution in [-0.2, 0) is 4.79 Å². The lowest BCUT2D eigenvalue weighted by atomic mass is 10.1. The van der Waals surface area contributed by atoms with Crippen molar-refractivity contribution in [3.63, 3.8) is 0 Å². The van der Waals surface area contributed by atoms with E-state index in [9.17, 15) is 9.59 Å². The van der Waals surface area contributed by atoms with Gasteiger partial charge in [-0.3, -0.25) is 9.59 Å². The van der Waals surface area contributed by atoms with E-state index in [1.807, 2.05) is 53.4 Å². The first-order valence-corrected chi connectivity index (χ1v) is 9.61. The summed E-state index contributed by atoms with van der Waals surface area (Å²) in [5, 5.41) is 2.94. The summed E-state index contributed by atoms with van der Waals surface area (Å²) >= 11 is 1.74. The Bertz CT molecular complexity index is 762. The molecule has 0 radical (unpaired) electrons. The fourth-order valence-corrected chi connectivity index (χ4v) is 3.78. The van der Waals surface area contributed by atoms with Crippen LogP contribution in [0, 0.1) is 0 Å². The van der Waals surface area contributed by atoms with E-state index in [-0.39, 0.29) is 11.8 Å². The molecule has 0 unspecified atom stereocenters. The van der Waals surface area contributed by atoms with E-state index in [1.165, 1.54) is 0 Å². The molecule has 2 aromatic carbocycles. The average Bonchev–Trinajstić information content (AvgIpc) is 2.66. The Morgan fingerprint density at radius 3 is 2.72 bits per heavy atom. The molecule has 130 valence electrons. The Morgan fingerprint density at radius 2 is 1.96 bits per heavy atom. The van der Waals surface area contributed by atoms with Crippen molar-refractivity contribution in [2.75, 3.05) is 22.5 Å². The predicted molar refractivity (Wildman–Crippen MR) is 103 cm³/mol. The molecule has 4 nitrogen and oxygen atoms in total. The predicted octanol–water partition coefficient (Wildman–Crippen LogP) is 4.57. The quantitative estimate of drug-likeness (QED) is 0.856. The lowest BCUT2D eigenvalue weighted by Crippen LogP contribution is -2.35. The molecule has 25 heavy (non-hydrogen) atoms. The van der Waals surface area contributed by atoms with Crippen LogP contribution in [0.25, 0.3) is 0 Å². The van der Waals surface area contributed by atoms with Crippen LogP contribution < -0.4 is 10.2 Å². The minimum absolute atomic E-state index is 0.00314. The van der Waals surface area contributed by atoms with E-state index in [0.717, 1.165) is 34.9 Å². The van der Waals surface area contributed by atoms with Gasteiger partial charge in [0.2, 0.25) is 5.91 Å². The molecule has 0 bridgehead atoms. The standard InChI is InChI=1S/C20H22N2O2S/c1-2-3-9-19(23)21-16-10-11-18-17(14-16)22(12-13-25-18)20(24)15-7-5-4-6-8-15/h4-8,10-11,14H,2-3,9,12-13H2,1H3,(H,21,23). The van der Waals surface area contributed by atoms with Gasteiger partial charge in [-0.15, -0.1) is 11.8 Å². The Hall–Kier alpha value is -2.27. The van der Waals surface area contributed by atoms with E-state index < -0.39 is 0 Å². The highest BCUT2D eigenvalue weighted by molar-refractivity contribution is 7.99. The van der Waals surface area contributed by atoms with Gasteiger partial charge in [0.1, 0.15) is 0 Å². The number of amides is 2. The maximum Gasteiger partial charge on any atom is 0.258 e. The number of unbranched alkanes of at least 4 members (excludes halogenated alkanes) is 1. The van der Waals surface area contributed by atoms with Gasteiger partial charge >= 0.3 is 0 Å². The number of nitrogens with zero attached hydrogens (tertiary/aromatic N) is 1. The lowest BCUT2D eigenvalue weighted by Gasteiger charge is -2.29. The first-order valence-electron chi connectivity index (χ1n) is 8.62. The lowest BCUT2D eigenvalue weighted by molar-refractivity contribution is -0.116. The summed E-state index contributed by atoms with van der Waals surface area (Å²) in [4.78, 5) is 27.7. The zero-order chi connectivity index (χ0) is 17.6. The van der Waals surface area contributed by atoms with Gasteiger partial charge in [0.05, 0.1) is 5.69 Å². The van der Waals surface area contributed by atoms with Gasteiger partial charge < -0.3 is 10.2 Å². The van der Waals surface area contributed by atoms with Gasteiger partial charge in [0, 0.05) is 34.9 Å². The van der Waals surface area contributed by atoms with E-state index >= 15 is 0 Å². The summed E-state index contributed by atoms with van der Waals surface area (Å²) in [6.45, 7) is 2.73. The number of anilines is 2. The van der Waals surface area contributed by atoms with Gasteiger partial charge in [-0.2, -0.15) is 0 Å². The highest BCUT2D eigenvalue weighted by Crippen LogP contribution is 2.37. The monoisotopic (exact) mass is 354 g/mol. The molecule has 1 aliphatic rings. The molecule has 0 saturated carbocycles.